The maximum Gasteiger partial charge on any atom is 0.267 e. The molecule has 0 bridgehead atoms. The fraction of sp³-hybridized carbons (Fsp3) is 0.226. The Bertz CT molecular complexity index is 1650. The van der Waals surface area contributed by atoms with Crippen LogP contribution in [0.4, 0.5) is 0 Å². The van der Waals surface area contributed by atoms with E-state index in [4.69, 9.17) is 14.5 Å². The molecule has 3 aromatic carbocycles. The van der Waals surface area contributed by atoms with Crippen molar-refractivity contribution in [2.45, 2.75) is 30.4 Å². The molecule has 0 unspecified atom stereocenters. The summed E-state index contributed by atoms with van der Waals surface area (Å²) >= 11 is 3.23. The number of methoxy groups -OCH3 is 2. The van der Waals surface area contributed by atoms with E-state index in [0.29, 0.717) is 10.9 Å². The first-order valence-electron chi connectivity index (χ1n) is 12.9. The van der Waals surface area contributed by atoms with Gasteiger partial charge in [0.25, 0.3) is 5.56 Å². The van der Waals surface area contributed by atoms with Gasteiger partial charge in [-0.25, -0.2) is 4.98 Å². The van der Waals surface area contributed by atoms with E-state index >= 15 is 0 Å². The highest BCUT2D eigenvalue weighted by Gasteiger charge is 2.26. The first-order valence-corrected chi connectivity index (χ1v) is 14.7. The molecule has 0 saturated carbocycles. The Labute approximate surface area is 235 Å². The van der Waals surface area contributed by atoms with Crippen molar-refractivity contribution in [1.29, 1.82) is 0 Å². The Morgan fingerprint density at radius 2 is 1.59 bits per heavy atom. The summed E-state index contributed by atoms with van der Waals surface area (Å²) < 4.78 is 12.4. The predicted octanol–water partition coefficient (Wildman–Crippen LogP) is 6.32. The van der Waals surface area contributed by atoms with Gasteiger partial charge in [-0.1, -0.05) is 54.2 Å². The van der Waals surface area contributed by atoms with Crippen LogP contribution in [0.15, 0.2) is 88.8 Å². The minimum Gasteiger partial charge on any atom is -0.497 e. The maximum absolute atomic E-state index is 14.2. The molecular weight excluding hydrogens is 526 g/mol. The number of ether oxygens (including phenoxy) is 2. The topological polar surface area (TPSA) is 56.6 Å². The van der Waals surface area contributed by atoms with Crippen LogP contribution in [0.2, 0.25) is 0 Å². The monoisotopic (exact) mass is 555 g/mol. The van der Waals surface area contributed by atoms with Gasteiger partial charge in [0.1, 0.15) is 16.3 Å². The van der Waals surface area contributed by atoms with Crippen molar-refractivity contribution in [2.75, 3.05) is 20.8 Å². The molecule has 0 spiro atoms. The molecule has 0 aliphatic carbocycles. The molecule has 8 heteroatoms. The molecule has 0 N–H and O–H groups in total. The molecule has 0 saturated heterocycles. The number of aromatic nitrogens is 2. The van der Waals surface area contributed by atoms with Gasteiger partial charge in [0.05, 0.1) is 25.3 Å². The SMILES string of the molecule is COc1ccc(CSc2nc3sc4c(c3c(=O)n2-c2ccc(OC)cc2)CCN(Cc2ccccc2)C4)cc1. The molecule has 1 aliphatic rings. The van der Waals surface area contributed by atoms with Gasteiger partial charge in [0, 0.05) is 30.3 Å². The van der Waals surface area contributed by atoms with Crippen LogP contribution in [0, 0.1) is 0 Å². The molecule has 0 amide bonds. The summed E-state index contributed by atoms with van der Waals surface area (Å²) in [6, 6.07) is 26.2. The van der Waals surface area contributed by atoms with Gasteiger partial charge >= 0.3 is 0 Å². The average molecular weight is 556 g/mol. The molecule has 2 aromatic heterocycles. The highest BCUT2D eigenvalue weighted by atomic mass is 32.2. The first-order chi connectivity index (χ1) is 19.1. The fourth-order valence-electron chi connectivity index (χ4n) is 4.98. The zero-order valence-corrected chi connectivity index (χ0v) is 23.6. The van der Waals surface area contributed by atoms with E-state index in [2.05, 4.69) is 29.2 Å². The summed E-state index contributed by atoms with van der Waals surface area (Å²) in [5, 5.41) is 1.45. The highest BCUT2D eigenvalue weighted by molar-refractivity contribution is 7.98. The summed E-state index contributed by atoms with van der Waals surface area (Å²) in [7, 11) is 3.31. The van der Waals surface area contributed by atoms with Gasteiger partial charge in [-0.05, 0) is 59.5 Å². The summed E-state index contributed by atoms with van der Waals surface area (Å²) in [5.41, 5.74) is 4.38. The van der Waals surface area contributed by atoms with Gasteiger partial charge < -0.3 is 9.47 Å². The van der Waals surface area contributed by atoms with E-state index in [1.165, 1.54) is 10.4 Å². The van der Waals surface area contributed by atoms with Crippen molar-refractivity contribution < 1.29 is 9.47 Å². The normalized spacial score (nSPS) is 13.4. The minimum absolute atomic E-state index is 0.00333. The molecule has 0 atom stereocenters. The van der Waals surface area contributed by atoms with E-state index in [1.807, 2.05) is 54.6 Å². The number of hydrogen-bond donors (Lipinski definition) is 0. The lowest BCUT2D eigenvalue weighted by atomic mass is 10.0. The number of thioether (sulfide) groups is 1. The number of thiophene rings is 1. The van der Waals surface area contributed by atoms with E-state index in [0.717, 1.165) is 64.6 Å². The van der Waals surface area contributed by atoms with E-state index in [1.54, 1.807) is 41.9 Å². The van der Waals surface area contributed by atoms with Crippen LogP contribution >= 0.6 is 23.1 Å². The summed E-state index contributed by atoms with van der Waals surface area (Å²) in [6.07, 6.45) is 0.847. The molecule has 198 valence electrons. The van der Waals surface area contributed by atoms with Crippen molar-refractivity contribution in [1.82, 2.24) is 14.5 Å². The third-order valence-corrected chi connectivity index (χ3v) is 9.15. The first kappa shape index (κ1) is 25.7. The molecule has 6 rings (SSSR count). The second kappa shape index (κ2) is 11.3. The van der Waals surface area contributed by atoms with Crippen molar-refractivity contribution >= 4 is 33.3 Å². The Morgan fingerprint density at radius 1 is 0.897 bits per heavy atom. The minimum atomic E-state index is -0.00333. The molecule has 3 heterocycles. The van der Waals surface area contributed by atoms with E-state index in [9.17, 15) is 4.79 Å². The van der Waals surface area contributed by atoms with Gasteiger partial charge in [-0.3, -0.25) is 14.3 Å². The fourth-order valence-corrected chi connectivity index (χ4v) is 7.25. The average Bonchev–Trinajstić information content (AvgIpc) is 3.35. The van der Waals surface area contributed by atoms with Crippen molar-refractivity contribution in [3.63, 3.8) is 0 Å². The third-order valence-electron chi connectivity index (χ3n) is 7.03. The van der Waals surface area contributed by atoms with Crippen molar-refractivity contribution in [2.24, 2.45) is 0 Å². The van der Waals surface area contributed by atoms with Gasteiger partial charge in [0.2, 0.25) is 0 Å². The maximum atomic E-state index is 14.2. The van der Waals surface area contributed by atoms with Crippen LogP contribution in [-0.4, -0.2) is 35.2 Å². The molecular formula is C31H29N3O3S2. The molecule has 1 aliphatic heterocycles. The Hall–Kier alpha value is -3.59. The Morgan fingerprint density at radius 3 is 2.28 bits per heavy atom. The number of benzene rings is 3. The molecule has 5 aromatic rings. The standard InChI is InChI=1S/C31H29N3O3S2/c1-36-24-12-8-22(9-13-24)20-38-31-32-29-28(30(35)34(31)23-10-14-25(37-2)15-11-23)26-16-17-33(19-27(26)39-29)18-21-6-4-3-5-7-21/h3-15H,16-20H2,1-2H3. The number of nitrogens with zero attached hydrogens (tertiary/aromatic N) is 3. The zero-order chi connectivity index (χ0) is 26.8. The number of hydrogen-bond acceptors (Lipinski definition) is 7. The van der Waals surface area contributed by atoms with Crippen LogP contribution in [0.1, 0.15) is 21.6 Å². The summed E-state index contributed by atoms with van der Waals surface area (Å²) in [6.45, 7) is 2.66. The van der Waals surface area contributed by atoms with Gasteiger partial charge in [-0.15, -0.1) is 11.3 Å². The predicted molar refractivity (Wildman–Crippen MR) is 159 cm³/mol. The number of fused-ring (bicyclic) bond motifs is 3. The van der Waals surface area contributed by atoms with Crippen LogP contribution in [0.3, 0.4) is 0 Å². The molecule has 6 nitrogen and oxygen atoms in total. The van der Waals surface area contributed by atoms with Crippen LogP contribution in [0.25, 0.3) is 15.9 Å². The summed E-state index contributed by atoms with van der Waals surface area (Å²) in [4.78, 5) is 23.8. The summed E-state index contributed by atoms with van der Waals surface area (Å²) in [5.74, 6) is 2.26. The highest BCUT2D eigenvalue weighted by Crippen LogP contribution is 2.35. The van der Waals surface area contributed by atoms with Gasteiger partial charge in [0.15, 0.2) is 5.16 Å². The van der Waals surface area contributed by atoms with E-state index < -0.39 is 0 Å². The number of rotatable bonds is 8. The largest absolute Gasteiger partial charge is 0.497 e. The van der Waals surface area contributed by atoms with Crippen LogP contribution < -0.4 is 15.0 Å². The van der Waals surface area contributed by atoms with Crippen molar-refractivity contribution in [3.8, 4) is 17.2 Å². The molecule has 0 radical (unpaired) electrons. The van der Waals surface area contributed by atoms with Crippen LogP contribution in [-0.2, 0) is 25.3 Å². The third kappa shape index (κ3) is 5.32. The van der Waals surface area contributed by atoms with Crippen LogP contribution in [0.5, 0.6) is 11.5 Å². The van der Waals surface area contributed by atoms with Gasteiger partial charge in [-0.2, -0.15) is 0 Å². The quantitative estimate of drug-likeness (QED) is 0.165. The second-order valence-corrected chi connectivity index (χ2v) is 11.5. The van der Waals surface area contributed by atoms with Crippen molar-refractivity contribution in [3.05, 3.63) is 111 Å². The Balaban J connectivity index is 1.38. The lowest BCUT2D eigenvalue weighted by Crippen LogP contribution is -2.30. The second-order valence-electron chi connectivity index (χ2n) is 9.50. The smallest absolute Gasteiger partial charge is 0.267 e. The molecule has 0 fully saturated rings. The molecule has 39 heavy (non-hydrogen) atoms. The zero-order valence-electron chi connectivity index (χ0n) is 21.9. The lowest BCUT2D eigenvalue weighted by molar-refractivity contribution is 0.249. The Kier molecular flexibility index (Phi) is 7.41. The van der Waals surface area contributed by atoms with E-state index in [-0.39, 0.29) is 5.56 Å². The lowest BCUT2D eigenvalue weighted by Gasteiger charge is -2.26.